The second kappa shape index (κ2) is 8.00. The minimum Gasteiger partial charge on any atom is -0.378 e. The highest BCUT2D eigenvalue weighted by Crippen LogP contribution is 2.48. The molecule has 0 unspecified atom stereocenters. The Morgan fingerprint density at radius 2 is 1.52 bits per heavy atom. The molecule has 0 spiro atoms. The fraction of sp³-hybridized carbons (Fsp3) is 0.950. The van der Waals surface area contributed by atoms with E-state index in [4.69, 9.17) is 4.74 Å². The van der Waals surface area contributed by atoms with Crippen molar-refractivity contribution in [3.63, 3.8) is 0 Å². The van der Waals surface area contributed by atoms with Gasteiger partial charge in [0.1, 0.15) is 0 Å². The summed E-state index contributed by atoms with van der Waals surface area (Å²) in [5, 5.41) is 0. The van der Waals surface area contributed by atoms with Crippen LogP contribution in [0.3, 0.4) is 0 Å². The molecule has 0 aromatic rings. The van der Waals surface area contributed by atoms with Crippen molar-refractivity contribution in [1.29, 1.82) is 0 Å². The summed E-state index contributed by atoms with van der Waals surface area (Å²) in [5.41, 5.74) is 1.34. The Kier molecular flexibility index (Phi) is 7.12. The van der Waals surface area contributed by atoms with Crippen LogP contribution in [0.4, 0.5) is 0 Å². The van der Waals surface area contributed by atoms with Gasteiger partial charge in [0.25, 0.3) is 0 Å². The van der Waals surface area contributed by atoms with E-state index in [0.717, 1.165) is 13.1 Å². The molecular weight excluding hydrogens is 286 g/mol. The molecule has 0 aromatic carbocycles. The summed E-state index contributed by atoms with van der Waals surface area (Å²) in [5.74, 6) is 0.260. The summed E-state index contributed by atoms with van der Waals surface area (Å²) in [6.45, 7) is 18.6. The monoisotopic (exact) mass is 325 g/mol. The predicted octanol–water partition coefficient (Wildman–Crippen LogP) is 4.89. The molecule has 0 radical (unpaired) electrons. The highest BCUT2D eigenvalue weighted by molar-refractivity contribution is 5.76. The van der Waals surface area contributed by atoms with E-state index in [1.54, 1.807) is 0 Å². The predicted molar refractivity (Wildman–Crippen MR) is 97.5 cm³/mol. The van der Waals surface area contributed by atoms with Gasteiger partial charge in [-0.3, -0.25) is 4.79 Å². The van der Waals surface area contributed by atoms with E-state index >= 15 is 0 Å². The van der Waals surface area contributed by atoms with Crippen molar-refractivity contribution in [2.75, 3.05) is 26.3 Å². The highest BCUT2D eigenvalue weighted by atomic mass is 16.5. The van der Waals surface area contributed by atoms with Crippen molar-refractivity contribution in [3.05, 3.63) is 0 Å². The van der Waals surface area contributed by atoms with Crippen LogP contribution in [0.2, 0.25) is 0 Å². The van der Waals surface area contributed by atoms with Crippen molar-refractivity contribution in [2.45, 2.75) is 80.6 Å². The van der Waals surface area contributed by atoms with Crippen molar-refractivity contribution in [2.24, 2.45) is 16.2 Å². The van der Waals surface area contributed by atoms with E-state index in [1.807, 2.05) is 4.90 Å². The summed E-state index contributed by atoms with van der Waals surface area (Å²) >= 11 is 0. The number of hydrogen-bond acceptors (Lipinski definition) is 2. The summed E-state index contributed by atoms with van der Waals surface area (Å²) in [7, 11) is 0. The lowest BCUT2D eigenvalue weighted by atomic mass is 9.63. The normalized spacial score (nSPS) is 21.1. The number of amides is 1. The van der Waals surface area contributed by atoms with Crippen LogP contribution in [-0.2, 0) is 9.53 Å². The molecule has 0 bridgehead atoms. The minimum absolute atomic E-state index is 0.0926. The number of morpholine rings is 1. The number of hydrogen-bond donors (Lipinski definition) is 0. The number of ether oxygens (including phenoxy) is 1. The molecule has 1 aliphatic heterocycles. The van der Waals surface area contributed by atoms with E-state index in [1.165, 1.54) is 25.7 Å². The Morgan fingerprint density at radius 1 is 1.00 bits per heavy atom. The van der Waals surface area contributed by atoms with E-state index in [-0.39, 0.29) is 11.3 Å². The van der Waals surface area contributed by atoms with Crippen LogP contribution in [0.1, 0.15) is 80.6 Å². The Labute approximate surface area is 144 Å². The van der Waals surface area contributed by atoms with Gasteiger partial charge in [-0.1, -0.05) is 54.9 Å². The van der Waals surface area contributed by atoms with Crippen molar-refractivity contribution < 1.29 is 9.53 Å². The van der Waals surface area contributed by atoms with Crippen LogP contribution in [0.5, 0.6) is 0 Å². The average molecular weight is 326 g/mol. The SMILES string of the molecule is CC(C)(C)CC(=O)N1CCOCC1.CC(C)(C)CC1(C)CCC1. The van der Waals surface area contributed by atoms with Gasteiger partial charge < -0.3 is 9.64 Å². The first-order valence-electron chi connectivity index (χ1n) is 9.26. The topological polar surface area (TPSA) is 29.5 Å². The zero-order valence-electron chi connectivity index (χ0n) is 16.6. The van der Waals surface area contributed by atoms with Gasteiger partial charge in [-0.05, 0) is 35.5 Å². The molecule has 1 saturated heterocycles. The molecule has 1 saturated carbocycles. The second-order valence-electron chi connectivity index (χ2n) is 10.1. The maximum Gasteiger partial charge on any atom is 0.223 e. The zero-order valence-corrected chi connectivity index (χ0v) is 16.6. The molecule has 3 nitrogen and oxygen atoms in total. The second-order valence-corrected chi connectivity index (χ2v) is 10.1. The quantitative estimate of drug-likeness (QED) is 0.723. The first-order chi connectivity index (χ1) is 10.4. The third-order valence-electron chi connectivity index (χ3n) is 4.56. The van der Waals surface area contributed by atoms with Gasteiger partial charge in [0.15, 0.2) is 0 Å². The van der Waals surface area contributed by atoms with E-state index in [2.05, 4.69) is 48.5 Å². The Bertz CT molecular complexity index is 366. The Balaban J connectivity index is 0.000000238. The van der Waals surface area contributed by atoms with Crippen molar-refractivity contribution in [3.8, 4) is 0 Å². The number of rotatable bonds is 2. The van der Waals surface area contributed by atoms with Gasteiger partial charge in [-0.25, -0.2) is 0 Å². The first-order valence-corrected chi connectivity index (χ1v) is 9.26. The molecule has 0 aromatic heterocycles. The van der Waals surface area contributed by atoms with Gasteiger partial charge in [0, 0.05) is 19.5 Å². The number of carbonyl (C=O) groups is 1. The molecule has 3 heteroatoms. The summed E-state index contributed by atoms with van der Waals surface area (Å²) in [6, 6.07) is 0. The fourth-order valence-corrected chi connectivity index (χ4v) is 3.62. The largest absolute Gasteiger partial charge is 0.378 e. The highest BCUT2D eigenvalue weighted by Gasteiger charge is 2.35. The van der Waals surface area contributed by atoms with Crippen LogP contribution in [0.25, 0.3) is 0 Å². The molecular formula is C20H39NO2. The third-order valence-corrected chi connectivity index (χ3v) is 4.56. The Morgan fingerprint density at radius 3 is 1.83 bits per heavy atom. The summed E-state index contributed by atoms with van der Waals surface area (Å²) < 4.78 is 5.19. The van der Waals surface area contributed by atoms with Gasteiger partial charge in [0.2, 0.25) is 5.91 Å². The summed E-state index contributed by atoms with van der Waals surface area (Å²) in [6.07, 6.45) is 6.42. The van der Waals surface area contributed by atoms with Gasteiger partial charge in [-0.15, -0.1) is 0 Å². The molecule has 0 atom stereocenters. The van der Waals surface area contributed by atoms with Crippen molar-refractivity contribution >= 4 is 5.91 Å². The minimum atomic E-state index is 0.0926. The van der Waals surface area contributed by atoms with Gasteiger partial charge in [0.05, 0.1) is 13.2 Å². The molecule has 2 aliphatic rings. The molecule has 23 heavy (non-hydrogen) atoms. The number of nitrogens with zero attached hydrogens (tertiary/aromatic N) is 1. The van der Waals surface area contributed by atoms with E-state index < -0.39 is 0 Å². The lowest BCUT2D eigenvalue weighted by Crippen LogP contribution is -2.41. The van der Waals surface area contributed by atoms with Crippen molar-refractivity contribution in [1.82, 2.24) is 4.90 Å². The van der Waals surface area contributed by atoms with E-state index in [0.29, 0.717) is 30.5 Å². The van der Waals surface area contributed by atoms with E-state index in [9.17, 15) is 4.79 Å². The van der Waals surface area contributed by atoms with Crippen LogP contribution in [-0.4, -0.2) is 37.1 Å². The van der Waals surface area contributed by atoms with Crippen LogP contribution < -0.4 is 0 Å². The molecule has 0 N–H and O–H groups in total. The molecule has 1 aliphatic carbocycles. The summed E-state index contributed by atoms with van der Waals surface area (Å²) in [4.78, 5) is 13.6. The van der Waals surface area contributed by atoms with Crippen LogP contribution >= 0.6 is 0 Å². The van der Waals surface area contributed by atoms with Crippen LogP contribution in [0.15, 0.2) is 0 Å². The van der Waals surface area contributed by atoms with Gasteiger partial charge in [-0.2, -0.15) is 0 Å². The maximum atomic E-state index is 11.7. The molecule has 136 valence electrons. The molecule has 2 rings (SSSR count). The third kappa shape index (κ3) is 8.74. The molecule has 1 amide bonds. The maximum absolute atomic E-state index is 11.7. The lowest BCUT2D eigenvalue weighted by Gasteiger charge is -2.42. The number of carbonyl (C=O) groups excluding carboxylic acids is 1. The molecule has 1 heterocycles. The zero-order chi connectivity index (χ0) is 17.7. The first kappa shape index (κ1) is 20.5. The average Bonchev–Trinajstić information content (AvgIpc) is 2.35. The Hall–Kier alpha value is -0.570. The smallest absolute Gasteiger partial charge is 0.223 e. The molecule has 2 fully saturated rings. The standard InChI is InChI=1S/C10H19NO2.C10H20/c1-10(2,3)8-9(12)11-4-6-13-7-5-11;1-9(2,3)8-10(4)6-5-7-10/h4-8H2,1-3H3;5-8H2,1-4H3. The fourth-order valence-electron chi connectivity index (χ4n) is 3.62. The lowest BCUT2D eigenvalue weighted by molar-refractivity contribution is -0.137. The van der Waals surface area contributed by atoms with Gasteiger partial charge >= 0.3 is 0 Å². The van der Waals surface area contributed by atoms with Crippen LogP contribution in [0, 0.1) is 16.2 Å².